The highest BCUT2D eigenvalue weighted by Crippen LogP contribution is 2.26. The van der Waals surface area contributed by atoms with Gasteiger partial charge >= 0.3 is 5.97 Å². The topological polar surface area (TPSA) is 68.5 Å². The number of amides is 1. The second-order valence-corrected chi connectivity index (χ2v) is 5.90. The fraction of sp³-hybridized carbons (Fsp3) is 0.176. The van der Waals surface area contributed by atoms with Crippen molar-refractivity contribution in [2.45, 2.75) is 17.6 Å². The lowest BCUT2D eigenvalue weighted by Crippen LogP contribution is -2.20. The number of alkyl halides is 2. The summed E-state index contributed by atoms with van der Waals surface area (Å²) in [5, 5.41) is 2.50. The maximum atomic E-state index is 12.2. The fourth-order valence-electron chi connectivity index (χ4n) is 1.79. The Kier molecular flexibility index (Phi) is 6.76. The minimum Gasteiger partial charge on any atom is -0.462 e. The molecule has 1 aromatic carbocycles. The highest BCUT2D eigenvalue weighted by Gasteiger charge is 2.08. The molecule has 1 N–H and O–H groups in total. The first-order chi connectivity index (χ1) is 11.9. The molecule has 1 aromatic heterocycles. The molecule has 1 heterocycles. The number of hydrogen-bond acceptors (Lipinski definition) is 5. The smallest absolute Gasteiger partial charge is 0.331 e. The normalized spacial score (nSPS) is 11.0. The molecule has 132 valence electrons. The number of hydrogen-bond donors (Lipinski definition) is 1. The van der Waals surface area contributed by atoms with Crippen LogP contribution in [-0.4, -0.2) is 24.2 Å². The first-order valence-electron chi connectivity index (χ1n) is 7.18. The Morgan fingerprint density at radius 2 is 1.96 bits per heavy atom. The number of benzene rings is 1. The maximum Gasteiger partial charge on any atom is 0.331 e. The molecule has 0 aliphatic rings. The molecule has 8 heteroatoms. The zero-order chi connectivity index (χ0) is 18.2. The van der Waals surface area contributed by atoms with E-state index in [1.54, 1.807) is 19.1 Å². The summed E-state index contributed by atoms with van der Waals surface area (Å²) in [6, 6.07) is 9.36. The molecule has 2 rings (SSSR count). The Balaban J connectivity index is 1.76. The van der Waals surface area contributed by atoms with Gasteiger partial charge in [0, 0.05) is 16.7 Å². The van der Waals surface area contributed by atoms with E-state index in [-0.39, 0.29) is 0 Å². The summed E-state index contributed by atoms with van der Waals surface area (Å²) in [5.74, 6) is -2.51. The number of nitrogens with one attached hydrogen (secondary N) is 1. The zero-order valence-corrected chi connectivity index (χ0v) is 14.0. The number of anilines is 1. The average Bonchev–Trinajstić information content (AvgIpc) is 2.98. The van der Waals surface area contributed by atoms with Gasteiger partial charge in [0.05, 0.1) is 0 Å². The van der Waals surface area contributed by atoms with E-state index >= 15 is 0 Å². The van der Waals surface area contributed by atoms with Crippen molar-refractivity contribution >= 4 is 35.4 Å². The van der Waals surface area contributed by atoms with Gasteiger partial charge in [-0.2, -0.15) is 8.78 Å². The van der Waals surface area contributed by atoms with Gasteiger partial charge in [-0.25, -0.2) is 4.79 Å². The van der Waals surface area contributed by atoms with E-state index in [1.807, 2.05) is 0 Å². The van der Waals surface area contributed by atoms with Gasteiger partial charge in [0.25, 0.3) is 11.7 Å². The third-order valence-corrected chi connectivity index (χ3v) is 3.58. The monoisotopic (exact) mass is 367 g/mol. The SMILES string of the molecule is Cc1ccc(C=CC(=O)OCC(=O)Nc2ccc(SC(F)F)cc2)o1. The molecule has 0 aliphatic carbocycles. The summed E-state index contributed by atoms with van der Waals surface area (Å²) >= 11 is 0.415. The lowest BCUT2D eigenvalue weighted by Gasteiger charge is -2.06. The molecule has 0 radical (unpaired) electrons. The second-order valence-electron chi connectivity index (χ2n) is 4.84. The van der Waals surface area contributed by atoms with Crippen LogP contribution in [0, 0.1) is 6.92 Å². The van der Waals surface area contributed by atoms with Crippen molar-refractivity contribution < 1.29 is 27.5 Å². The van der Waals surface area contributed by atoms with Crippen molar-refractivity contribution in [1.29, 1.82) is 0 Å². The van der Waals surface area contributed by atoms with E-state index in [2.05, 4.69) is 5.32 Å². The molecule has 0 saturated heterocycles. The molecular formula is C17H15F2NO4S. The molecule has 0 fully saturated rings. The molecule has 1 amide bonds. The lowest BCUT2D eigenvalue weighted by molar-refractivity contribution is -0.142. The van der Waals surface area contributed by atoms with Gasteiger partial charge in [-0.15, -0.1) is 0 Å². The summed E-state index contributed by atoms with van der Waals surface area (Å²) in [6.07, 6.45) is 2.59. The van der Waals surface area contributed by atoms with Crippen LogP contribution in [0.5, 0.6) is 0 Å². The minimum absolute atomic E-state index is 0.387. The van der Waals surface area contributed by atoms with E-state index < -0.39 is 24.2 Å². The summed E-state index contributed by atoms with van der Waals surface area (Å²) in [4.78, 5) is 23.6. The van der Waals surface area contributed by atoms with Crippen molar-refractivity contribution in [3.63, 3.8) is 0 Å². The molecule has 0 bridgehead atoms. The third-order valence-electron chi connectivity index (χ3n) is 2.85. The van der Waals surface area contributed by atoms with Gasteiger partial charge in [0.15, 0.2) is 6.61 Å². The Hall–Kier alpha value is -2.61. The fourth-order valence-corrected chi connectivity index (χ4v) is 2.29. The van der Waals surface area contributed by atoms with Gasteiger partial charge in [0.2, 0.25) is 0 Å². The van der Waals surface area contributed by atoms with Gasteiger partial charge in [-0.05, 0) is 49.4 Å². The molecule has 2 aromatic rings. The molecule has 0 unspecified atom stereocenters. The molecule has 0 saturated carbocycles. The first kappa shape index (κ1) is 18.7. The van der Waals surface area contributed by atoms with Crippen molar-refractivity contribution in [2.24, 2.45) is 0 Å². The summed E-state index contributed by atoms with van der Waals surface area (Å²) < 4.78 is 34.5. The number of rotatable bonds is 7. The number of esters is 1. The van der Waals surface area contributed by atoms with Crippen molar-refractivity contribution in [3.05, 3.63) is 54.0 Å². The maximum absolute atomic E-state index is 12.2. The number of carbonyl (C=O) groups excluding carboxylic acids is 2. The third kappa shape index (κ3) is 6.80. The summed E-state index contributed by atoms with van der Waals surface area (Å²) in [7, 11) is 0. The van der Waals surface area contributed by atoms with Crippen LogP contribution in [0.4, 0.5) is 14.5 Å². The van der Waals surface area contributed by atoms with Crippen LogP contribution in [0.15, 0.2) is 51.8 Å². The van der Waals surface area contributed by atoms with Gasteiger partial charge in [0.1, 0.15) is 11.5 Å². The van der Waals surface area contributed by atoms with E-state index in [9.17, 15) is 18.4 Å². The highest BCUT2D eigenvalue weighted by molar-refractivity contribution is 7.99. The standard InChI is InChI=1S/C17H15F2NO4S/c1-11-2-5-13(24-11)6-9-16(22)23-10-15(21)20-12-3-7-14(8-4-12)25-17(18)19/h2-9,17H,10H2,1H3,(H,20,21). The van der Waals surface area contributed by atoms with Gasteiger partial charge < -0.3 is 14.5 Å². The predicted octanol–water partition coefficient (Wildman–Crippen LogP) is 4.10. The van der Waals surface area contributed by atoms with Gasteiger partial charge in [-0.1, -0.05) is 11.8 Å². The predicted molar refractivity (Wildman–Crippen MR) is 90.4 cm³/mol. The van der Waals surface area contributed by atoms with Crippen LogP contribution in [0.2, 0.25) is 0 Å². The molecular weight excluding hydrogens is 352 g/mol. The van der Waals surface area contributed by atoms with Gasteiger partial charge in [-0.3, -0.25) is 4.79 Å². The largest absolute Gasteiger partial charge is 0.462 e. The number of ether oxygens (including phenoxy) is 1. The Labute approximate surface area is 147 Å². The molecule has 5 nitrogen and oxygen atoms in total. The van der Waals surface area contributed by atoms with Crippen LogP contribution in [-0.2, 0) is 14.3 Å². The van der Waals surface area contributed by atoms with E-state index in [1.165, 1.54) is 30.3 Å². The quantitative estimate of drug-likeness (QED) is 0.453. The number of furan rings is 1. The molecule has 0 spiro atoms. The number of aryl methyl sites for hydroxylation is 1. The lowest BCUT2D eigenvalue weighted by atomic mass is 10.3. The zero-order valence-electron chi connectivity index (χ0n) is 13.2. The van der Waals surface area contributed by atoms with Crippen molar-refractivity contribution in [1.82, 2.24) is 0 Å². The molecule has 0 aliphatic heterocycles. The summed E-state index contributed by atoms with van der Waals surface area (Å²) in [5.41, 5.74) is 0.418. The molecule has 0 atom stereocenters. The van der Waals surface area contributed by atoms with Crippen LogP contribution < -0.4 is 5.32 Å². The number of thioether (sulfide) groups is 1. The summed E-state index contributed by atoms with van der Waals surface area (Å²) in [6.45, 7) is 1.31. The van der Waals surface area contributed by atoms with Crippen molar-refractivity contribution in [3.8, 4) is 0 Å². The Morgan fingerprint density at radius 1 is 1.24 bits per heavy atom. The second kappa shape index (κ2) is 9.03. The first-order valence-corrected chi connectivity index (χ1v) is 8.06. The van der Waals surface area contributed by atoms with Crippen LogP contribution in [0.3, 0.4) is 0 Å². The number of carbonyl (C=O) groups is 2. The van der Waals surface area contributed by atoms with Crippen molar-refractivity contribution in [2.75, 3.05) is 11.9 Å². The van der Waals surface area contributed by atoms with E-state index in [0.717, 1.165) is 6.08 Å². The highest BCUT2D eigenvalue weighted by atomic mass is 32.2. The van der Waals surface area contributed by atoms with Crippen LogP contribution in [0.1, 0.15) is 11.5 Å². The van der Waals surface area contributed by atoms with Crippen LogP contribution >= 0.6 is 11.8 Å². The van der Waals surface area contributed by atoms with Crippen LogP contribution in [0.25, 0.3) is 6.08 Å². The average molecular weight is 367 g/mol. The Morgan fingerprint density at radius 3 is 2.56 bits per heavy atom. The molecule has 25 heavy (non-hydrogen) atoms. The minimum atomic E-state index is -2.50. The van der Waals surface area contributed by atoms with E-state index in [0.29, 0.717) is 33.9 Å². The number of halogens is 2. The van der Waals surface area contributed by atoms with E-state index in [4.69, 9.17) is 9.15 Å². The Bertz CT molecular complexity index is 756.